The number of nitrogens with zero attached hydrogens (tertiary/aromatic N) is 3. The van der Waals surface area contributed by atoms with Crippen molar-refractivity contribution < 1.29 is 4.79 Å². The molecule has 0 unspecified atom stereocenters. The Bertz CT molecular complexity index is 794. The number of amides is 2. The minimum atomic E-state index is -0.386. The Balaban J connectivity index is 1.85. The molecule has 2 aromatic heterocycles. The predicted molar refractivity (Wildman–Crippen MR) is 84.1 cm³/mol. The Hall–Kier alpha value is -2.54. The summed E-state index contributed by atoms with van der Waals surface area (Å²) in [6.07, 6.45) is 6.16. The maximum absolute atomic E-state index is 12.0. The fraction of sp³-hybridized carbons (Fsp3) is 0. The van der Waals surface area contributed by atoms with E-state index in [0.717, 1.165) is 15.4 Å². The Labute approximate surface area is 128 Å². The molecule has 2 amide bonds. The van der Waals surface area contributed by atoms with Gasteiger partial charge in [0.05, 0.1) is 17.4 Å². The van der Waals surface area contributed by atoms with Gasteiger partial charge in [-0.3, -0.25) is 15.3 Å². The molecular formula is C14H10BrN5O. The molecule has 3 aromatic rings. The second-order valence-corrected chi connectivity index (χ2v) is 5.02. The number of hydrogen-bond donors (Lipinski definition) is 2. The van der Waals surface area contributed by atoms with Crippen molar-refractivity contribution in [1.29, 1.82) is 0 Å². The average Bonchev–Trinajstić information content (AvgIpc) is 2.49. The lowest BCUT2D eigenvalue weighted by Crippen LogP contribution is -2.20. The minimum absolute atomic E-state index is 0.384. The van der Waals surface area contributed by atoms with Crippen LogP contribution in [0.3, 0.4) is 0 Å². The monoisotopic (exact) mass is 343 g/mol. The topological polar surface area (TPSA) is 79.8 Å². The van der Waals surface area contributed by atoms with Crippen LogP contribution in [-0.2, 0) is 0 Å². The second kappa shape index (κ2) is 5.84. The van der Waals surface area contributed by atoms with Gasteiger partial charge in [0.1, 0.15) is 0 Å². The zero-order chi connectivity index (χ0) is 14.7. The van der Waals surface area contributed by atoms with Crippen LogP contribution in [0, 0.1) is 0 Å². The summed E-state index contributed by atoms with van der Waals surface area (Å²) in [7, 11) is 0. The van der Waals surface area contributed by atoms with Crippen molar-refractivity contribution in [1.82, 2.24) is 15.0 Å². The van der Waals surface area contributed by atoms with Gasteiger partial charge in [-0.1, -0.05) is 12.1 Å². The molecule has 2 heterocycles. The average molecular weight is 344 g/mol. The molecule has 0 aliphatic heterocycles. The van der Waals surface area contributed by atoms with E-state index in [2.05, 4.69) is 41.5 Å². The molecule has 0 radical (unpaired) electrons. The molecule has 0 spiro atoms. The summed E-state index contributed by atoms with van der Waals surface area (Å²) in [5.74, 6) is 0.384. The van der Waals surface area contributed by atoms with E-state index in [0.29, 0.717) is 11.5 Å². The van der Waals surface area contributed by atoms with E-state index in [9.17, 15) is 4.79 Å². The molecule has 0 aliphatic rings. The number of urea groups is 1. The molecule has 2 N–H and O–H groups in total. The highest BCUT2D eigenvalue weighted by molar-refractivity contribution is 9.10. The maximum Gasteiger partial charge on any atom is 0.324 e. The molecule has 21 heavy (non-hydrogen) atoms. The number of carbonyl (C=O) groups excluding carboxylic acids is 1. The quantitative estimate of drug-likeness (QED) is 0.746. The third kappa shape index (κ3) is 2.97. The molecule has 0 aliphatic carbocycles. The van der Waals surface area contributed by atoms with Crippen molar-refractivity contribution >= 4 is 44.4 Å². The molecule has 1 aromatic carbocycles. The first-order chi connectivity index (χ1) is 10.2. The number of benzene rings is 1. The molecule has 0 bridgehead atoms. The number of anilines is 2. The first kappa shape index (κ1) is 13.4. The van der Waals surface area contributed by atoms with Crippen LogP contribution in [0.1, 0.15) is 0 Å². The molecule has 7 heteroatoms. The van der Waals surface area contributed by atoms with E-state index in [-0.39, 0.29) is 6.03 Å². The first-order valence-corrected chi connectivity index (χ1v) is 6.90. The number of pyridine rings is 1. The van der Waals surface area contributed by atoms with E-state index in [1.165, 1.54) is 18.6 Å². The molecule has 0 saturated carbocycles. The number of hydrogen-bond acceptors (Lipinski definition) is 4. The first-order valence-electron chi connectivity index (χ1n) is 6.11. The Morgan fingerprint density at radius 3 is 2.76 bits per heavy atom. The minimum Gasteiger partial charge on any atom is -0.307 e. The van der Waals surface area contributed by atoms with E-state index in [1.54, 1.807) is 12.3 Å². The number of halogens is 1. The second-order valence-electron chi connectivity index (χ2n) is 4.16. The zero-order valence-electron chi connectivity index (χ0n) is 10.7. The molecule has 104 valence electrons. The fourth-order valence-corrected chi connectivity index (χ4v) is 2.35. The van der Waals surface area contributed by atoms with Crippen LogP contribution in [0.2, 0.25) is 0 Å². The van der Waals surface area contributed by atoms with Crippen LogP contribution in [0.25, 0.3) is 10.9 Å². The number of fused-ring (bicyclic) bond motifs is 1. The highest BCUT2D eigenvalue weighted by atomic mass is 79.9. The van der Waals surface area contributed by atoms with Gasteiger partial charge in [-0.25, -0.2) is 9.78 Å². The normalized spacial score (nSPS) is 10.3. The van der Waals surface area contributed by atoms with Crippen molar-refractivity contribution in [3.63, 3.8) is 0 Å². The van der Waals surface area contributed by atoms with Gasteiger partial charge in [0.2, 0.25) is 0 Å². The molecule has 0 fully saturated rings. The van der Waals surface area contributed by atoms with Gasteiger partial charge in [0.25, 0.3) is 0 Å². The lowest BCUT2D eigenvalue weighted by molar-refractivity contribution is 0.262. The van der Waals surface area contributed by atoms with Crippen LogP contribution < -0.4 is 10.6 Å². The van der Waals surface area contributed by atoms with Crippen LogP contribution >= 0.6 is 15.9 Å². The van der Waals surface area contributed by atoms with Gasteiger partial charge >= 0.3 is 6.03 Å². The van der Waals surface area contributed by atoms with E-state index >= 15 is 0 Å². The largest absolute Gasteiger partial charge is 0.324 e. The van der Waals surface area contributed by atoms with Crippen molar-refractivity contribution in [2.75, 3.05) is 10.6 Å². The highest BCUT2D eigenvalue weighted by Gasteiger charge is 2.08. The smallest absolute Gasteiger partial charge is 0.307 e. The Morgan fingerprint density at radius 1 is 1.05 bits per heavy atom. The maximum atomic E-state index is 12.0. The fourth-order valence-electron chi connectivity index (χ4n) is 1.88. The zero-order valence-corrected chi connectivity index (χ0v) is 12.3. The Morgan fingerprint density at radius 2 is 1.95 bits per heavy atom. The lowest BCUT2D eigenvalue weighted by atomic mass is 10.2. The van der Waals surface area contributed by atoms with Gasteiger partial charge < -0.3 is 5.32 Å². The Kier molecular flexibility index (Phi) is 3.74. The van der Waals surface area contributed by atoms with Gasteiger partial charge in [0, 0.05) is 28.4 Å². The third-order valence-electron chi connectivity index (χ3n) is 2.77. The van der Waals surface area contributed by atoms with Crippen molar-refractivity contribution in [3.8, 4) is 0 Å². The van der Waals surface area contributed by atoms with E-state index in [4.69, 9.17) is 0 Å². The van der Waals surface area contributed by atoms with Crippen molar-refractivity contribution in [2.24, 2.45) is 0 Å². The summed E-state index contributed by atoms with van der Waals surface area (Å²) in [4.78, 5) is 24.1. The molecule has 3 rings (SSSR count). The summed E-state index contributed by atoms with van der Waals surface area (Å²) in [6.45, 7) is 0. The van der Waals surface area contributed by atoms with Crippen LogP contribution in [-0.4, -0.2) is 21.0 Å². The molecule has 0 saturated heterocycles. The highest BCUT2D eigenvalue weighted by Crippen LogP contribution is 2.27. The van der Waals surface area contributed by atoms with Gasteiger partial charge in [-0.15, -0.1) is 0 Å². The molecular weight excluding hydrogens is 334 g/mol. The summed E-state index contributed by atoms with van der Waals surface area (Å²) < 4.78 is 0.873. The summed E-state index contributed by atoms with van der Waals surface area (Å²) >= 11 is 3.44. The number of nitrogens with one attached hydrogen (secondary N) is 2. The number of para-hydroxylation sites is 1. The van der Waals surface area contributed by atoms with Crippen LogP contribution in [0.4, 0.5) is 16.3 Å². The number of aromatic nitrogens is 3. The van der Waals surface area contributed by atoms with Gasteiger partial charge in [-0.05, 0) is 28.1 Å². The standard InChI is InChI=1S/C14H10BrN5O/c15-10-3-1-2-9-11(4-5-18-13(9)10)19-14(21)20-12-8-16-6-7-17-12/h1-8H,(H2,17,18,19,20,21). The molecule has 0 atom stereocenters. The van der Waals surface area contributed by atoms with Gasteiger partial charge in [0.15, 0.2) is 5.82 Å². The summed E-state index contributed by atoms with van der Waals surface area (Å²) in [6, 6.07) is 7.04. The predicted octanol–water partition coefficient (Wildman–Crippen LogP) is 3.43. The summed E-state index contributed by atoms with van der Waals surface area (Å²) in [5.41, 5.74) is 1.46. The van der Waals surface area contributed by atoms with Crippen molar-refractivity contribution in [2.45, 2.75) is 0 Å². The van der Waals surface area contributed by atoms with Crippen molar-refractivity contribution in [3.05, 3.63) is 53.5 Å². The number of rotatable bonds is 2. The summed E-state index contributed by atoms with van der Waals surface area (Å²) in [5, 5.41) is 6.24. The van der Waals surface area contributed by atoms with Crippen LogP contribution in [0.15, 0.2) is 53.5 Å². The number of carbonyl (C=O) groups is 1. The van der Waals surface area contributed by atoms with E-state index in [1.807, 2.05) is 18.2 Å². The third-order valence-corrected chi connectivity index (χ3v) is 3.41. The van der Waals surface area contributed by atoms with Crippen LogP contribution in [0.5, 0.6) is 0 Å². The van der Waals surface area contributed by atoms with E-state index < -0.39 is 0 Å². The lowest BCUT2D eigenvalue weighted by Gasteiger charge is -2.09. The van der Waals surface area contributed by atoms with Gasteiger partial charge in [-0.2, -0.15) is 0 Å². The molecule has 6 nitrogen and oxygen atoms in total. The SMILES string of the molecule is O=C(Nc1cnccn1)Nc1ccnc2c(Br)cccc12.